The Morgan fingerprint density at radius 1 is 1.00 bits per heavy atom. The van der Waals surface area contributed by atoms with Crippen LogP contribution in [-0.4, -0.2) is 13.0 Å². The summed E-state index contributed by atoms with van der Waals surface area (Å²) in [6.45, 7) is 0. The van der Waals surface area contributed by atoms with Gasteiger partial charge < -0.3 is 11.5 Å². The summed E-state index contributed by atoms with van der Waals surface area (Å²) >= 11 is 0. The highest BCUT2D eigenvalue weighted by atomic mass is 32.2. The van der Waals surface area contributed by atoms with Gasteiger partial charge in [0.1, 0.15) is 0 Å². The van der Waals surface area contributed by atoms with Gasteiger partial charge in [0.05, 0.1) is 0 Å². The van der Waals surface area contributed by atoms with Crippen LogP contribution in [0.3, 0.4) is 0 Å². The van der Waals surface area contributed by atoms with Gasteiger partial charge in [0.25, 0.3) is 10.1 Å². The van der Waals surface area contributed by atoms with E-state index in [4.69, 9.17) is 11.5 Å². The van der Waals surface area contributed by atoms with Gasteiger partial charge in [0.15, 0.2) is 4.87 Å². The molecule has 0 saturated carbocycles. The largest absolute Gasteiger partial charge is 0.398 e. The van der Waals surface area contributed by atoms with Gasteiger partial charge in [-0.25, -0.2) is 0 Å². The Balaban J connectivity index is 2.55. The van der Waals surface area contributed by atoms with E-state index in [9.17, 15) is 13.0 Å². The molecule has 0 aliphatic rings. The van der Waals surface area contributed by atoms with Crippen molar-refractivity contribution >= 4 is 21.9 Å². The van der Waals surface area contributed by atoms with Gasteiger partial charge >= 0.3 is 0 Å². The van der Waals surface area contributed by atoms with E-state index in [1.807, 2.05) is 18.2 Å². The van der Waals surface area contributed by atoms with Gasteiger partial charge in [-0.15, -0.1) is 0 Å². The summed E-state index contributed by atoms with van der Waals surface area (Å²) in [5.41, 5.74) is 12.8. The molecule has 1 atom stereocenters. The van der Waals surface area contributed by atoms with Crippen LogP contribution in [0, 0.1) is 0 Å². The number of hydrogen-bond donors (Lipinski definition) is 3. The van der Waals surface area contributed by atoms with Crippen LogP contribution in [0.1, 0.15) is 11.1 Å². The standard InChI is InChI=1S/C15H16N2O3S/c16-14-9-5-4-8-13(14)15(17,21(18,19)20)11-10-12-6-2-1-3-7-12/h1-11H,16-17H2,(H,18,19,20). The van der Waals surface area contributed by atoms with Gasteiger partial charge in [0.2, 0.25) is 0 Å². The van der Waals surface area contributed by atoms with E-state index in [2.05, 4.69) is 0 Å². The Labute approximate surface area is 123 Å². The number of anilines is 1. The van der Waals surface area contributed by atoms with Gasteiger partial charge in [-0.2, -0.15) is 8.42 Å². The van der Waals surface area contributed by atoms with Crippen LogP contribution in [0.25, 0.3) is 6.08 Å². The second kappa shape index (κ2) is 5.69. The lowest BCUT2D eigenvalue weighted by Crippen LogP contribution is -2.43. The topological polar surface area (TPSA) is 106 Å². The Morgan fingerprint density at radius 2 is 1.57 bits per heavy atom. The van der Waals surface area contributed by atoms with E-state index < -0.39 is 15.0 Å². The van der Waals surface area contributed by atoms with Crippen molar-refractivity contribution < 1.29 is 13.0 Å². The van der Waals surface area contributed by atoms with E-state index in [1.54, 1.807) is 24.3 Å². The molecule has 1 unspecified atom stereocenters. The summed E-state index contributed by atoms with van der Waals surface area (Å²) in [5, 5.41) is 0. The van der Waals surface area contributed by atoms with Crippen molar-refractivity contribution in [3.8, 4) is 0 Å². The van der Waals surface area contributed by atoms with Crippen molar-refractivity contribution in [3.63, 3.8) is 0 Å². The van der Waals surface area contributed by atoms with Crippen molar-refractivity contribution in [1.29, 1.82) is 0 Å². The number of rotatable bonds is 4. The molecule has 0 saturated heterocycles. The van der Waals surface area contributed by atoms with Crippen molar-refractivity contribution in [2.24, 2.45) is 5.73 Å². The fourth-order valence-corrected chi connectivity index (χ4v) is 2.66. The van der Waals surface area contributed by atoms with Crippen LogP contribution < -0.4 is 11.5 Å². The normalized spacial score (nSPS) is 15.0. The lowest BCUT2D eigenvalue weighted by atomic mass is 10.0. The predicted molar refractivity (Wildman–Crippen MR) is 83.7 cm³/mol. The van der Waals surface area contributed by atoms with Crippen molar-refractivity contribution in [2.45, 2.75) is 4.87 Å². The maximum Gasteiger partial charge on any atom is 0.292 e. The number of para-hydroxylation sites is 1. The van der Waals surface area contributed by atoms with Crippen LogP contribution >= 0.6 is 0 Å². The molecule has 5 nitrogen and oxygen atoms in total. The molecule has 0 spiro atoms. The number of benzene rings is 2. The zero-order valence-corrected chi connectivity index (χ0v) is 12.0. The molecule has 0 bridgehead atoms. The lowest BCUT2D eigenvalue weighted by Gasteiger charge is -2.24. The maximum absolute atomic E-state index is 11.8. The molecule has 2 rings (SSSR count). The molecule has 0 heterocycles. The molecule has 6 heteroatoms. The van der Waals surface area contributed by atoms with E-state index >= 15 is 0 Å². The molecule has 0 radical (unpaired) electrons. The minimum atomic E-state index is -4.60. The van der Waals surface area contributed by atoms with Crippen molar-refractivity contribution in [1.82, 2.24) is 0 Å². The monoisotopic (exact) mass is 304 g/mol. The zero-order chi connectivity index (χ0) is 15.5. The minimum Gasteiger partial charge on any atom is -0.398 e. The Morgan fingerprint density at radius 3 is 2.14 bits per heavy atom. The van der Waals surface area contributed by atoms with E-state index in [1.165, 1.54) is 24.3 Å². The molecule has 0 fully saturated rings. The molecule has 0 aliphatic carbocycles. The highest BCUT2D eigenvalue weighted by Crippen LogP contribution is 2.30. The average molecular weight is 304 g/mol. The van der Waals surface area contributed by atoms with Crippen molar-refractivity contribution in [2.75, 3.05) is 5.73 Å². The van der Waals surface area contributed by atoms with Crippen LogP contribution in [0.15, 0.2) is 60.7 Å². The number of nitrogens with two attached hydrogens (primary N) is 2. The second-order valence-electron chi connectivity index (χ2n) is 4.60. The Kier molecular flexibility index (Phi) is 4.13. The van der Waals surface area contributed by atoms with Crippen LogP contribution in [-0.2, 0) is 15.0 Å². The summed E-state index contributed by atoms with van der Waals surface area (Å²) in [5.74, 6) is 0. The molecule has 110 valence electrons. The van der Waals surface area contributed by atoms with E-state index in [0.717, 1.165) is 5.56 Å². The van der Waals surface area contributed by atoms with Crippen LogP contribution in [0.2, 0.25) is 0 Å². The average Bonchev–Trinajstić information content (AvgIpc) is 2.45. The molecular formula is C15H16N2O3S. The summed E-state index contributed by atoms with van der Waals surface area (Å²) in [7, 11) is -4.60. The molecule has 5 N–H and O–H groups in total. The maximum atomic E-state index is 11.8. The third-order valence-electron chi connectivity index (χ3n) is 3.13. The molecule has 0 aliphatic heterocycles. The fourth-order valence-electron chi connectivity index (χ4n) is 1.95. The first kappa shape index (κ1) is 15.2. The Hall–Kier alpha value is -2.15. The molecule has 2 aromatic rings. The van der Waals surface area contributed by atoms with Crippen LogP contribution in [0.4, 0.5) is 5.69 Å². The van der Waals surface area contributed by atoms with Gasteiger partial charge in [-0.3, -0.25) is 4.55 Å². The molecular weight excluding hydrogens is 288 g/mol. The van der Waals surface area contributed by atoms with E-state index in [-0.39, 0.29) is 11.3 Å². The number of nitrogen functional groups attached to an aromatic ring is 1. The lowest BCUT2D eigenvalue weighted by molar-refractivity contribution is 0.452. The quantitative estimate of drug-likeness (QED) is 0.591. The SMILES string of the molecule is Nc1ccccc1C(N)(C=Cc1ccccc1)S(=O)(=O)O. The predicted octanol–water partition coefficient (Wildman–Crippen LogP) is 1.98. The van der Waals surface area contributed by atoms with Crippen LogP contribution in [0.5, 0.6) is 0 Å². The minimum absolute atomic E-state index is 0.125. The van der Waals surface area contributed by atoms with Gasteiger partial charge in [0, 0.05) is 11.3 Å². The molecule has 21 heavy (non-hydrogen) atoms. The fraction of sp³-hybridized carbons (Fsp3) is 0.0667. The first-order valence-electron chi connectivity index (χ1n) is 6.20. The Bertz CT molecular complexity index is 757. The number of hydrogen-bond acceptors (Lipinski definition) is 4. The molecule has 0 aromatic heterocycles. The van der Waals surface area contributed by atoms with Gasteiger partial charge in [-0.1, -0.05) is 54.6 Å². The highest BCUT2D eigenvalue weighted by molar-refractivity contribution is 7.87. The summed E-state index contributed by atoms with van der Waals surface area (Å²) in [6.07, 6.45) is 2.75. The molecule has 2 aromatic carbocycles. The first-order valence-corrected chi connectivity index (χ1v) is 7.64. The summed E-state index contributed by atoms with van der Waals surface area (Å²) in [6, 6.07) is 15.3. The third kappa shape index (κ3) is 3.13. The van der Waals surface area contributed by atoms with Crippen molar-refractivity contribution in [3.05, 3.63) is 71.8 Å². The first-order chi connectivity index (χ1) is 9.84. The summed E-state index contributed by atoms with van der Waals surface area (Å²) in [4.78, 5) is -2.10. The highest BCUT2D eigenvalue weighted by Gasteiger charge is 2.39. The third-order valence-corrected chi connectivity index (χ3v) is 4.34. The smallest absolute Gasteiger partial charge is 0.292 e. The molecule has 0 amide bonds. The van der Waals surface area contributed by atoms with E-state index in [0.29, 0.717) is 0 Å². The second-order valence-corrected chi connectivity index (χ2v) is 6.23. The summed E-state index contributed by atoms with van der Waals surface area (Å²) < 4.78 is 33.0. The zero-order valence-electron chi connectivity index (χ0n) is 11.2. The van der Waals surface area contributed by atoms with Gasteiger partial charge in [-0.05, 0) is 17.7 Å².